The molecule has 0 aliphatic carbocycles. The standard InChI is InChI=1S/C18H23FN4O2/c1-12-4-3-10-23(11-9-12)18(24)20-13(2)17-21-16(22-25-17)14-5-7-15(19)8-6-14/h5-8,12-13H,3-4,9-11H2,1-2H3,(H,20,24)/t12-,13-/m1/s1. The molecular formula is C18H23FN4O2. The average molecular weight is 346 g/mol. The number of rotatable bonds is 3. The molecule has 0 bridgehead atoms. The van der Waals surface area contributed by atoms with Gasteiger partial charge in [-0.25, -0.2) is 9.18 Å². The normalized spacial score (nSPS) is 19.3. The van der Waals surface area contributed by atoms with E-state index in [1.54, 1.807) is 19.1 Å². The smallest absolute Gasteiger partial charge is 0.318 e. The van der Waals surface area contributed by atoms with Crippen LogP contribution in [0.3, 0.4) is 0 Å². The summed E-state index contributed by atoms with van der Waals surface area (Å²) in [5.41, 5.74) is 0.663. The first-order valence-electron chi connectivity index (χ1n) is 8.68. The largest absolute Gasteiger partial charge is 0.337 e. The summed E-state index contributed by atoms with van der Waals surface area (Å²) in [5, 5.41) is 6.82. The first kappa shape index (κ1) is 17.4. The fourth-order valence-electron chi connectivity index (χ4n) is 2.93. The molecule has 2 aromatic rings. The molecule has 2 amide bonds. The number of amides is 2. The lowest BCUT2D eigenvalue weighted by Crippen LogP contribution is -2.41. The molecule has 1 N–H and O–H groups in total. The summed E-state index contributed by atoms with van der Waals surface area (Å²) in [6.07, 6.45) is 3.21. The van der Waals surface area contributed by atoms with Gasteiger partial charge in [0.2, 0.25) is 11.7 Å². The lowest BCUT2D eigenvalue weighted by atomic mass is 10.0. The summed E-state index contributed by atoms with van der Waals surface area (Å²) in [5.74, 6) is 1.04. The number of likely N-dealkylation sites (tertiary alicyclic amines) is 1. The molecule has 25 heavy (non-hydrogen) atoms. The average Bonchev–Trinajstić information content (AvgIpc) is 2.98. The summed E-state index contributed by atoms with van der Waals surface area (Å²) >= 11 is 0. The molecule has 134 valence electrons. The molecule has 2 heterocycles. The van der Waals surface area contributed by atoms with E-state index in [0.717, 1.165) is 32.4 Å². The highest BCUT2D eigenvalue weighted by Gasteiger charge is 2.22. The van der Waals surface area contributed by atoms with Crippen LogP contribution in [0.4, 0.5) is 9.18 Å². The molecule has 0 spiro atoms. The summed E-state index contributed by atoms with van der Waals surface area (Å²) < 4.78 is 18.2. The zero-order valence-electron chi connectivity index (χ0n) is 14.5. The number of hydrogen-bond donors (Lipinski definition) is 1. The Morgan fingerprint density at radius 1 is 1.32 bits per heavy atom. The van der Waals surface area contributed by atoms with Gasteiger partial charge < -0.3 is 14.7 Å². The Bertz CT molecular complexity index is 716. The van der Waals surface area contributed by atoms with Gasteiger partial charge in [0.15, 0.2) is 0 Å². The molecule has 1 aliphatic rings. The second kappa shape index (κ2) is 7.63. The van der Waals surface area contributed by atoms with Gasteiger partial charge in [-0.1, -0.05) is 12.1 Å². The summed E-state index contributed by atoms with van der Waals surface area (Å²) in [4.78, 5) is 18.6. The van der Waals surface area contributed by atoms with Gasteiger partial charge in [-0.15, -0.1) is 0 Å². The van der Waals surface area contributed by atoms with Gasteiger partial charge in [-0.2, -0.15) is 4.98 Å². The molecule has 1 aliphatic heterocycles. The van der Waals surface area contributed by atoms with Crippen molar-refractivity contribution in [3.05, 3.63) is 36.0 Å². The summed E-state index contributed by atoms with van der Waals surface area (Å²) in [6, 6.07) is 5.36. The summed E-state index contributed by atoms with van der Waals surface area (Å²) in [7, 11) is 0. The van der Waals surface area contributed by atoms with Gasteiger partial charge >= 0.3 is 6.03 Å². The van der Waals surface area contributed by atoms with Crippen LogP contribution in [0.1, 0.15) is 45.0 Å². The van der Waals surface area contributed by atoms with E-state index in [1.807, 2.05) is 4.90 Å². The third-order valence-electron chi connectivity index (χ3n) is 4.56. The van der Waals surface area contributed by atoms with Crippen LogP contribution in [0.2, 0.25) is 0 Å². The number of aromatic nitrogens is 2. The zero-order valence-corrected chi connectivity index (χ0v) is 14.5. The van der Waals surface area contributed by atoms with Crippen LogP contribution in [0.5, 0.6) is 0 Å². The van der Waals surface area contributed by atoms with Gasteiger partial charge in [-0.05, 0) is 56.4 Å². The van der Waals surface area contributed by atoms with Crippen molar-refractivity contribution in [1.29, 1.82) is 0 Å². The van der Waals surface area contributed by atoms with E-state index in [1.165, 1.54) is 12.1 Å². The van der Waals surface area contributed by atoms with Crippen molar-refractivity contribution in [2.75, 3.05) is 13.1 Å². The highest BCUT2D eigenvalue weighted by atomic mass is 19.1. The Labute approximate surface area is 146 Å². The van der Waals surface area contributed by atoms with Gasteiger partial charge in [-0.3, -0.25) is 0 Å². The van der Waals surface area contributed by atoms with Crippen LogP contribution in [-0.2, 0) is 0 Å². The van der Waals surface area contributed by atoms with Crippen molar-refractivity contribution < 1.29 is 13.7 Å². The fraction of sp³-hybridized carbons (Fsp3) is 0.500. The molecule has 1 aromatic heterocycles. The lowest BCUT2D eigenvalue weighted by molar-refractivity contribution is 0.193. The van der Waals surface area contributed by atoms with Gasteiger partial charge in [0, 0.05) is 18.7 Å². The maximum absolute atomic E-state index is 13.0. The van der Waals surface area contributed by atoms with Gasteiger partial charge in [0.25, 0.3) is 0 Å². The second-order valence-electron chi connectivity index (χ2n) is 6.66. The minimum absolute atomic E-state index is 0.108. The molecule has 0 radical (unpaired) electrons. The predicted octanol–water partition coefficient (Wildman–Crippen LogP) is 3.77. The third-order valence-corrected chi connectivity index (χ3v) is 4.56. The van der Waals surface area contributed by atoms with Crippen molar-refractivity contribution >= 4 is 6.03 Å². The van der Waals surface area contributed by atoms with E-state index in [-0.39, 0.29) is 11.8 Å². The van der Waals surface area contributed by atoms with Crippen LogP contribution in [0.15, 0.2) is 28.8 Å². The van der Waals surface area contributed by atoms with Crippen LogP contribution in [-0.4, -0.2) is 34.2 Å². The third kappa shape index (κ3) is 4.35. The lowest BCUT2D eigenvalue weighted by Gasteiger charge is -2.22. The predicted molar refractivity (Wildman–Crippen MR) is 91.2 cm³/mol. The second-order valence-corrected chi connectivity index (χ2v) is 6.66. The Balaban J connectivity index is 1.62. The highest BCUT2D eigenvalue weighted by Crippen LogP contribution is 2.20. The van der Waals surface area contributed by atoms with Crippen LogP contribution >= 0.6 is 0 Å². The number of hydrogen-bond acceptors (Lipinski definition) is 4. The van der Waals surface area contributed by atoms with Crippen molar-refractivity contribution in [3.63, 3.8) is 0 Å². The fourth-order valence-corrected chi connectivity index (χ4v) is 2.93. The van der Waals surface area contributed by atoms with Crippen molar-refractivity contribution in [2.24, 2.45) is 5.92 Å². The SMILES string of the molecule is C[C@@H]1CCCN(C(=O)N[C@H](C)c2nc(-c3ccc(F)cc3)no2)CC1. The quantitative estimate of drug-likeness (QED) is 0.918. The molecule has 0 unspecified atom stereocenters. The van der Waals surface area contributed by atoms with Gasteiger partial charge in [0.1, 0.15) is 11.9 Å². The molecular weight excluding hydrogens is 323 g/mol. The molecule has 1 fully saturated rings. The Morgan fingerprint density at radius 3 is 2.84 bits per heavy atom. The van der Waals surface area contributed by atoms with Crippen LogP contribution in [0, 0.1) is 11.7 Å². The number of urea groups is 1. The first-order chi connectivity index (χ1) is 12.0. The van der Waals surface area contributed by atoms with Crippen molar-refractivity contribution in [1.82, 2.24) is 20.4 Å². The van der Waals surface area contributed by atoms with E-state index < -0.39 is 6.04 Å². The molecule has 0 saturated carbocycles. The molecule has 3 rings (SSSR count). The first-order valence-corrected chi connectivity index (χ1v) is 8.68. The Hall–Kier alpha value is -2.44. The van der Waals surface area contributed by atoms with Crippen molar-refractivity contribution in [3.8, 4) is 11.4 Å². The van der Waals surface area contributed by atoms with E-state index in [2.05, 4.69) is 22.4 Å². The van der Waals surface area contributed by atoms with Gasteiger partial charge in [0.05, 0.1) is 0 Å². The number of carbonyl (C=O) groups excluding carboxylic acids is 1. The monoisotopic (exact) mass is 346 g/mol. The van der Waals surface area contributed by atoms with E-state index in [9.17, 15) is 9.18 Å². The molecule has 6 nitrogen and oxygen atoms in total. The van der Waals surface area contributed by atoms with E-state index in [0.29, 0.717) is 23.2 Å². The summed E-state index contributed by atoms with van der Waals surface area (Å²) in [6.45, 7) is 5.57. The molecule has 2 atom stereocenters. The Kier molecular flexibility index (Phi) is 5.31. The van der Waals surface area contributed by atoms with Crippen LogP contribution in [0.25, 0.3) is 11.4 Å². The molecule has 7 heteroatoms. The van der Waals surface area contributed by atoms with Crippen molar-refractivity contribution in [2.45, 2.75) is 39.2 Å². The van der Waals surface area contributed by atoms with Crippen LogP contribution < -0.4 is 5.32 Å². The number of carbonyl (C=O) groups is 1. The number of benzene rings is 1. The number of nitrogens with zero attached hydrogens (tertiary/aromatic N) is 3. The number of nitrogens with one attached hydrogen (secondary N) is 1. The number of halogens is 1. The minimum Gasteiger partial charge on any atom is -0.337 e. The molecule has 1 aromatic carbocycles. The molecule has 1 saturated heterocycles. The van der Waals surface area contributed by atoms with E-state index >= 15 is 0 Å². The zero-order chi connectivity index (χ0) is 17.8. The minimum atomic E-state index is -0.394. The topological polar surface area (TPSA) is 71.3 Å². The highest BCUT2D eigenvalue weighted by molar-refractivity contribution is 5.74. The van der Waals surface area contributed by atoms with E-state index in [4.69, 9.17) is 4.52 Å². The maximum Gasteiger partial charge on any atom is 0.318 e. The Morgan fingerprint density at radius 2 is 2.08 bits per heavy atom. The maximum atomic E-state index is 13.0.